The Morgan fingerprint density at radius 2 is 1.95 bits per heavy atom. The first kappa shape index (κ1) is 14.2. The van der Waals surface area contributed by atoms with Gasteiger partial charge in [-0.15, -0.1) is 0 Å². The number of nitrogens with zero attached hydrogens (tertiary/aromatic N) is 2. The molecule has 0 saturated heterocycles. The van der Waals surface area contributed by atoms with Crippen LogP contribution < -0.4 is 5.32 Å². The fourth-order valence-electron chi connectivity index (χ4n) is 2.08. The predicted octanol–water partition coefficient (Wildman–Crippen LogP) is 3.97. The van der Waals surface area contributed by atoms with Crippen molar-refractivity contribution in [1.82, 2.24) is 9.97 Å². The Balaban J connectivity index is 2.62. The zero-order chi connectivity index (χ0) is 14.0. The summed E-state index contributed by atoms with van der Waals surface area (Å²) in [7, 11) is 1.90. The smallest absolute Gasteiger partial charge is 0.162 e. The molecule has 100 valence electrons. The predicted molar refractivity (Wildman–Crippen MR) is 88.6 cm³/mol. The Bertz CT molecular complexity index is 583. The van der Waals surface area contributed by atoms with Gasteiger partial charge in [-0.2, -0.15) is 0 Å². The van der Waals surface area contributed by atoms with Gasteiger partial charge in [-0.25, -0.2) is 9.97 Å². The third-order valence-corrected chi connectivity index (χ3v) is 4.25. The van der Waals surface area contributed by atoms with E-state index in [2.05, 4.69) is 71.9 Å². The normalized spacial score (nSPS) is 10.6. The van der Waals surface area contributed by atoms with Gasteiger partial charge in [0.05, 0.1) is 9.26 Å². The van der Waals surface area contributed by atoms with Crippen LogP contribution in [-0.4, -0.2) is 17.0 Å². The number of hydrogen-bond acceptors (Lipinski definition) is 3. The summed E-state index contributed by atoms with van der Waals surface area (Å²) in [5.74, 6) is 1.71. The maximum absolute atomic E-state index is 4.70. The average molecular weight is 367 g/mol. The number of aromatic nitrogens is 2. The average Bonchev–Trinajstić information content (AvgIpc) is 2.39. The number of rotatable bonds is 3. The highest BCUT2D eigenvalue weighted by molar-refractivity contribution is 14.1. The monoisotopic (exact) mass is 367 g/mol. The van der Waals surface area contributed by atoms with E-state index in [4.69, 9.17) is 4.98 Å². The van der Waals surface area contributed by atoms with Gasteiger partial charge in [0.2, 0.25) is 0 Å². The molecule has 0 spiro atoms. The van der Waals surface area contributed by atoms with E-state index in [0.29, 0.717) is 0 Å². The minimum absolute atomic E-state index is 0.805. The molecule has 0 radical (unpaired) electrons. The molecule has 0 saturated carbocycles. The molecule has 0 aliphatic rings. The van der Waals surface area contributed by atoms with Gasteiger partial charge in [-0.1, -0.05) is 30.7 Å². The summed E-state index contributed by atoms with van der Waals surface area (Å²) in [6.45, 7) is 6.33. The molecule has 1 heterocycles. The Morgan fingerprint density at radius 1 is 1.21 bits per heavy atom. The second-order valence-electron chi connectivity index (χ2n) is 4.58. The van der Waals surface area contributed by atoms with E-state index in [-0.39, 0.29) is 0 Å². The first-order valence-corrected chi connectivity index (χ1v) is 7.46. The fraction of sp³-hybridized carbons (Fsp3) is 0.333. The molecule has 4 heteroatoms. The Hall–Kier alpha value is -1.17. The van der Waals surface area contributed by atoms with E-state index in [1.54, 1.807) is 0 Å². The van der Waals surface area contributed by atoms with Gasteiger partial charge in [0.15, 0.2) is 5.82 Å². The van der Waals surface area contributed by atoms with Crippen molar-refractivity contribution in [3.63, 3.8) is 0 Å². The van der Waals surface area contributed by atoms with E-state index < -0.39 is 0 Å². The van der Waals surface area contributed by atoms with Gasteiger partial charge in [0.25, 0.3) is 0 Å². The minimum atomic E-state index is 0.805. The number of hydrogen-bond donors (Lipinski definition) is 1. The lowest BCUT2D eigenvalue weighted by Gasteiger charge is -2.12. The van der Waals surface area contributed by atoms with E-state index in [1.807, 2.05) is 7.05 Å². The van der Waals surface area contributed by atoms with Gasteiger partial charge in [0.1, 0.15) is 5.82 Å². The molecule has 0 unspecified atom stereocenters. The third-order valence-electron chi connectivity index (χ3n) is 3.11. The number of anilines is 1. The highest BCUT2D eigenvalue weighted by atomic mass is 127. The topological polar surface area (TPSA) is 37.8 Å². The minimum Gasteiger partial charge on any atom is -0.372 e. The molecule has 2 rings (SSSR count). The molecule has 1 aromatic carbocycles. The molecule has 0 bridgehead atoms. The molecule has 0 aliphatic carbocycles. The van der Waals surface area contributed by atoms with E-state index in [0.717, 1.165) is 32.9 Å². The van der Waals surface area contributed by atoms with Crippen LogP contribution in [0.1, 0.15) is 23.7 Å². The maximum atomic E-state index is 4.70. The van der Waals surface area contributed by atoms with Crippen LogP contribution in [0, 0.1) is 17.4 Å². The lowest BCUT2D eigenvalue weighted by molar-refractivity contribution is 0.988. The lowest BCUT2D eigenvalue weighted by Crippen LogP contribution is -2.05. The molecule has 19 heavy (non-hydrogen) atoms. The molecule has 0 atom stereocenters. The molecule has 1 N–H and O–H groups in total. The standard InChI is InChI=1S/C15H18IN3/c1-5-12-13(16)15(17-4)19-14(18-12)11-7-6-9(2)8-10(11)3/h6-8H,5H2,1-4H3,(H,17,18,19). The van der Waals surface area contributed by atoms with Crippen molar-refractivity contribution in [2.75, 3.05) is 12.4 Å². The van der Waals surface area contributed by atoms with Gasteiger partial charge < -0.3 is 5.32 Å². The maximum Gasteiger partial charge on any atom is 0.162 e. The van der Waals surface area contributed by atoms with E-state index in [9.17, 15) is 0 Å². The van der Waals surface area contributed by atoms with Crippen molar-refractivity contribution in [1.29, 1.82) is 0 Å². The largest absolute Gasteiger partial charge is 0.372 e. The van der Waals surface area contributed by atoms with Crippen molar-refractivity contribution < 1.29 is 0 Å². The molecule has 0 aliphatic heterocycles. The quantitative estimate of drug-likeness (QED) is 0.835. The van der Waals surface area contributed by atoms with E-state index >= 15 is 0 Å². The SMILES string of the molecule is CCc1nc(-c2ccc(C)cc2C)nc(NC)c1I. The Labute approximate surface area is 128 Å². The third kappa shape index (κ3) is 2.88. The Kier molecular flexibility index (Phi) is 4.39. The zero-order valence-electron chi connectivity index (χ0n) is 11.7. The van der Waals surface area contributed by atoms with Crippen LogP contribution in [0.15, 0.2) is 18.2 Å². The molecular formula is C15H18IN3. The summed E-state index contributed by atoms with van der Waals surface area (Å²) in [6, 6.07) is 6.38. The molecule has 1 aromatic heterocycles. The highest BCUT2D eigenvalue weighted by Gasteiger charge is 2.12. The molecule has 2 aromatic rings. The van der Waals surface area contributed by atoms with Crippen LogP contribution in [0.25, 0.3) is 11.4 Å². The van der Waals surface area contributed by atoms with Gasteiger partial charge in [0, 0.05) is 12.6 Å². The van der Waals surface area contributed by atoms with Crippen LogP contribution in [0.2, 0.25) is 0 Å². The highest BCUT2D eigenvalue weighted by Crippen LogP contribution is 2.26. The van der Waals surface area contributed by atoms with Crippen LogP contribution in [-0.2, 0) is 6.42 Å². The van der Waals surface area contributed by atoms with Crippen LogP contribution in [0.5, 0.6) is 0 Å². The van der Waals surface area contributed by atoms with Gasteiger partial charge in [-0.05, 0) is 48.4 Å². The van der Waals surface area contributed by atoms with Gasteiger partial charge >= 0.3 is 0 Å². The van der Waals surface area contributed by atoms with Crippen LogP contribution in [0.4, 0.5) is 5.82 Å². The molecule has 0 fully saturated rings. The van der Waals surface area contributed by atoms with Crippen molar-refractivity contribution in [2.45, 2.75) is 27.2 Å². The van der Waals surface area contributed by atoms with Crippen LogP contribution >= 0.6 is 22.6 Å². The summed E-state index contributed by atoms with van der Waals surface area (Å²) in [4.78, 5) is 9.33. The first-order valence-electron chi connectivity index (χ1n) is 6.38. The molecular weight excluding hydrogens is 349 g/mol. The summed E-state index contributed by atoms with van der Waals surface area (Å²) in [5, 5.41) is 3.15. The Morgan fingerprint density at radius 3 is 2.53 bits per heavy atom. The summed E-state index contributed by atoms with van der Waals surface area (Å²) in [5.41, 5.74) is 4.67. The van der Waals surface area contributed by atoms with Crippen molar-refractivity contribution in [2.24, 2.45) is 0 Å². The summed E-state index contributed by atoms with van der Waals surface area (Å²) < 4.78 is 1.11. The van der Waals surface area contributed by atoms with Gasteiger partial charge in [-0.3, -0.25) is 0 Å². The zero-order valence-corrected chi connectivity index (χ0v) is 13.9. The second-order valence-corrected chi connectivity index (χ2v) is 5.66. The summed E-state index contributed by atoms with van der Waals surface area (Å²) in [6.07, 6.45) is 0.910. The van der Waals surface area contributed by atoms with Crippen LogP contribution in [0.3, 0.4) is 0 Å². The number of nitrogens with one attached hydrogen (secondary N) is 1. The lowest BCUT2D eigenvalue weighted by atomic mass is 10.1. The summed E-state index contributed by atoms with van der Waals surface area (Å²) >= 11 is 2.30. The van der Waals surface area contributed by atoms with Crippen molar-refractivity contribution in [3.05, 3.63) is 38.6 Å². The molecule has 3 nitrogen and oxygen atoms in total. The van der Waals surface area contributed by atoms with Crippen molar-refractivity contribution >= 4 is 28.4 Å². The fourth-order valence-corrected chi connectivity index (χ4v) is 2.97. The van der Waals surface area contributed by atoms with Crippen molar-refractivity contribution in [3.8, 4) is 11.4 Å². The number of benzene rings is 1. The number of aryl methyl sites for hydroxylation is 3. The molecule has 0 amide bonds. The second kappa shape index (κ2) is 5.86. The number of halogens is 1. The first-order chi connectivity index (χ1) is 9.06. The van der Waals surface area contributed by atoms with E-state index in [1.165, 1.54) is 11.1 Å².